The van der Waals surface area contributed by atoms with Crippen molar-refractivity contribution in [3.63, 3.8) is 0 Å². The van der Waals surface area contributed by atoms with Crippen LogP contribution in [0.25, 0.3) is 0 Å². The maximum atomic E-state index is 12.7. The summed E-state index contributed by atoms with van der Waals surface area (Å²) < 4.78 is 0. The van der Waals surface area contributed by atoms with E-state index < -0.39 is 0 Å². The molecule has 0 spiro atoms. The fourth-order valence-electron chi connectivity index (χ4n) is 2.51. The lowest BCUT2D eigenvalue weighted by Crippen LogP contribution is -2.41. The maximum Gasteiger partial charge on any atom is 0.326 e. The van der Waals surface area contributed by atoms with Gasteiger partial charge >= 0.3 is 6.03 Å². The number of carbonyl (C=O) groups is 1. The van der Waals surface area contributed by atoms with Crippen LogP contribution in [0.2, 0.25) is 5.02 Å². The first-order valence-electron chi connectivity index (χ1n) is 7.15. The van der Waals surface area contributed by atoms with Gasteiger partial charge in [-0.15, -0.1) is 11.8 Å². The van der Waals surface area contributed by atoms with Crippen molar-refractivity contribution in [2.45, 2.75) is 24.0 Å². The molecule has 1 atom stereocenters. The number of hydrogen-bond acceptors (Lipinski definition) is 2. The fourth-order valence-corrected chi connectivity index (χ4v) is 3.79. The molecule has 0 radical (unpaired) electrons. The Bertz CT molecular complexity index is 720. The minimum atomic E-state index is -0.120. The monoisotopic (exact) mass is 332 g/mol. The predicted octanol–water partition coefficient (Wildman–Crippen LogP) is 5.18. The van der Waals surface area contributed by atoms with E-state index in [0.717, 1.165) is 21.8 Å². The highest BCUT2D eigenvalue weighted by Gasteiger charge is 2.27. The second-order valence-electron chi connectivity index (χ2n) is 5.35. The number of carbonyl (C=O) groups excluding carboxylic acids is 1. The Morgan fingerprint density at radius 3 is 2.86 bits per heavy atom. The largest absolute Gasteiger partial charge is 0.326 e. The summed E-state index contributed by atoms with van der Waals surface area (Å²) in [6, 6.07) is 13.4. The smallest absolute Gasteiger partial charge is 0.307 e. The van der Waals surface area contributed by atoms with E-state index in [9.17, 15) is 4.79 Å². The van der Waals surface area contributed by atoms with Crippen molar-refractivity contribution in [3.05, 3.63) is 53.1 Å². The number of hydrogen-bond donors (Lipinski definition) is 1. The molecule has 1 aliphatic rings. The maximum absolute atomic E-state index is 12.7. The molecule has 0 fully saturated rings. The summed E-state index contributed by atoms with van der Waals surface area (Å²) in [5.41, 5.74) is 2.59. The average molecular weight is 333 g/mol. The van der Waals surface area contributed by atoms with Crippen molar-refractivity contribution in [2.75, 3.05) is 16.8 Å². The lowest BCUT2D eigenvalue weighted by molar-refractivity contribution is 0.256. The molecule has 3 rings (SSSR count). The average Bonchev–Trinajstić information content (AvgIpc) is 2.51. The first kappa shape index (κ1) is 15.3. The number of rotatable bonds is 1. The first-order valence-corrected chi connectivity index (χ1v) is 8.41. The fraction of sp³-hybridized carbons (Fsp3) is 0.235. The molecule has 1 N–H and O–H groups in total. The van der Waals surface area contributed by atoms with Crippen LogP contribution in [0, 0.1) is 6.92 Å². The minimum absolute atomic E-state index is 0.120. The third kappa shape index (κ3) is 2.94. The van der Waals surface area contributed by atoms with Gasteiger partial charge in [0.2, 0.25) is 0 Å². The second kappa shape index (κ2) is 6.23. The number of amides is 2. The third-order valence-corrected chi connectivity index (χ3v) is 5.24. The van der Waals surface area contributed by atoms with Crippen LogP contribution >= 0.6 is 23.4 Å². The van der Waals surface area contributed by atoms with E-state index >= 15 is 0 Å². The molecule has 0 aliphatic carbocycles. The van der Waals surface area contributed by atoms with Gasteiger partial charge in [0.1, 0.15) is 0 Å². The quantitative estimate of drug-likeness (QED) is 0.780. The second-order valence-corrected chi connectivity index (χ2v) is 7.24. The zero-order valence-electron chi connectivity index (χ0n) is 12.5. The van der Waals surface area contributed by atoms with E-state index in [1.54, 1.807) is 16.7 Å². The van der Waals surface area contributed by atoms with Crippen molar-refractivity contribution in [1.29, 1.82) is 0 Å². The molecule has 22 heavy (non-hydrogen) atoms. The van der Waals surface area contributed by atoms with Gasteiger partial charge in [-0.3, -0.25) is 4.90 Å². The number of benzene rings is 2. The van der Waals surface area contributed by atoms with E-state index in [1.165, 1.54) is 0 Å². The molecule has 0 aromatic heterocycles. The van der Waals surface area contributed by atoms with Crippen LogP contribution < -0.4 is 10.2 Å². The summed E-state index contributed by atoms with van der Waals surface area (Å²) in [7, 11) is 0. The topological polar surface area (TPSA) is 32.3 Å². The van der Waals surface area contributed by atoms with Crippen molar-refractivity contribution >= 4 is 40.8 Å². The third-order valence-electron chi connectivity index (χ3n) is 3.68. The number of thioether (sulfide) groups is 1. The number of urea groups is 1. The van der Waals surface area contributed by atoms with Crippen LogP contribution in [-0.4, -0.2) is 17.8 Å². The molecule has 1 aliphatic heterocycles. The molecular weight excluding hydrogens is 316 g/mol. The Balaban J connectivity index is 1.88. The number of halogens is 1. The van der Waals surface area contributed by atoms with Gasteiger partial charge in [0.15, 0.2) is 0 Å². The van der Waals surface area contributed by atoms with Gasteiger partial charge in [-0.25, -0.2) is 4.79 Å². The number of nitrogens with one attached hydrogen (secondary N) is 1. The van der Waals surface area contributed by atoms with Gasteiger partial charge in [-0.05, 0) is 36.8 Å². The van der Waals surface area contributed by atoms with E-state index in [1.807, 2.05) is 43.3 Å². The molecular formula is C17H17ClN2OS. The van der Waals surface area contributed by atoms with Crippen LogP contribution in [-0.2, 0) is 0 Å². The molecule has 2 amide bonds. The number of nitrogens with zero attached hydrogens (tertiary/aromatic N) is 1. The van der Waals surface area contributed by atoms with Crippen LogP contribution in [0.4, 0.5) is 16.2 Å². The van der Waals surface area contributed by atoms with Gasteiger partial charge in [0.25, 0.3) is 0 Å². The van der Waals surface area contributed by atoms with Gasteiger partial charge < -0.3 is 5.32 Å². The number of fused-ring (bicyclic) bond motifs is 1. The van der Waals surface area contributed by atoms with Crippen LogP contribution in [0.1, 0.15) is 12.5 Å². The van der Waals surface area contributed by atoms with Crippen LogP contribution in [0.3, 0.4) is 0 Å². The number of anilines is 2. The Morgan fingerprint density at radius 2 is 2.05 bits per heavy atom. The molecule has 1 heterocycles. The molecule has 0 unspecified atom stereocenters. The van der Waals surface area contributed by atoms with Gasteiger partial charge in [-0.1, -0.05) is 36.7 Å². The van der Waals surface area contributed by atoms with E-state index in [4.69, 9.17) is 11.6 Å². The zero-order valence-corrected chi connectivity index (χ0v) is 14.0. The van der Waals surface area contributed by atoms with E-state index in [2.05, 4.69) is 18.3 Å². The van der Waals surface area contributed by atoms with Gasteiger partial charge in [-0.2, -0.15) is 0 Å². The molecule has 5 heteroatoms. The van der Waals surface area contributed by atoms with Crippen molar-refractivity contribution < 1.29 is 4.79 Å². The van der Waals surface area contributed by atoms with E-state index in [0.29, 0.717) is 16.8 Å². The SMILES string of the molecule is Cc1c(Cl)cccc1NC(=O)N1C[C@@H](C)Sc2ccccc21. The highest BCUT2D eigenvalue weighted by Crippen LogP contribution is 2.38. The molecule has 0 bridgehead atoms. The van der Waals surface area contributed by atoms with Crippen molar-refractivity contribution in [2.24, 2.45) is 0 Å². The Morgan fingerprint density at radius 1 is 1.27 bits per heavy atom. The Labute approximate surface area is 139 Å². The molecule has 0 saturated carbocycles. The Kier molecular flexibility index (Phi) is 4.32. The summed E-state index contributed by atoms with van der Waals surface area (Å²) in [5.74, 6) is 0. The van der Waals surface area contributed by atoms with Gasteiger partial charge in [0, 0.05) is 27.4 Å². The highest BCUT2D eigenvalue weighted by atomic mass is 35.5. The normalized spacial score (nSPS) is 17.0. The number of para-hydroxylation sites is 1. The van der Waals surface area contributed by atoms with Gasteiger partial charge in [0.05, 0.1) is 5.69 Å². The lowest BCUT2D eigenvalue weighted by Gasteiger charge is -2.32. The molecule has 3 nitrogen and oxygen atoms in total. The molecule has 2 aromatic rings. The lowest BCUT2D eigenvalue weighted by atomic mass is 10.2. The molecule has 2 aromatic carbocycles. The van der Waals surface area contributed by atoms with E-state index in [-0.39, 0.29) is 6.03 Å². The standard InChI is InChI=1S/C17H17ClN2OS/c1-11-10-20(15-8-3-4-9-16(15)22-11)17(21)19-14-7-5-6-13(18)12(14)2/h3-9,11H,10H2,1-2H3,(H,19,21)/t11-/m1/s1. The van der Waals surface area contributed by atoms with Crippen molar-refractivity contribution in [3.8, 4) is 0 Å². The van der Waals surface area contributed by atoms with Crippen LogP contribution in [0.15, 0.2) is 47.4 Å². The van der Waals surface area contributed by atoms with Crippen LogP contribution in [0.5, 0.6) is 0 Å². The molecule has 0 saturated heterocycles. The zero-order chi connectivity index (χ0) is 15.7. The summed E-state index contributed by atoms with van der Waals surface area (Å²) >= 11 is 7.92. The summed E-state index contributed by atoms with van der Waals surface area (Å²) in [6.07, 6.45) is 0. The summed E-state index contributed by atoms with van der Waals surface area (Å²) in [4.78, 5) is 15.6. The van der Waals surface area contributed by atoms with Crippen molar-refractivity contribution in [1.82, 2.24) is 0 Å². The summed E-state index contributed by atoms with van der Waals surface area (Å²) in [6.45, 7) is 4.72. The Hall–Kier alpha value is -1.65. The predicted molar refractivity (Wildman–Crippen MR) is 94.3 cm³/mol. The highest BCUT2D eigenvalue weighted by molar-refractivity contribution is 8.00. The minimum Gasteiger partial charge on any atom is -0.307 e. The summed E-state index contributed by atoms with van der Waals surface area (Å²) in [5, 5.41) is 3.99. The first-order chi connectivity index (χ1) is 10.6. The molecule has 114 valence electrons.